The van der Waals surface area contributed by atoms with E-state index in [1.54, 1.807) is 12.1 Å². The van der Waals surface area contributed by atoms with Crippen LogP contribution >= 0.6 is 11.6 Å². The number of morpholine rings is 1. The Bertz CT molecular complexity index is 453. The van der Waals surface area contributed by atoms with Gasteiger partial charge in [-0.25, -0.2) is 9.78 Å². The molecule has 0 saturated carbocycles. The van der Waals surface area contributed by atoms with Crippen molar-refractivity contribution >= 4 is 23.4 Å². The number of aromatic carboxylic acids is 1. The number of aromatic nitrogens is 1. The molecular formula is C12H15ClN2O3. The van der Waals surface area contributed by atoms with Gasteiger partial charge < -0.3 is 14.7 Å². The molecule has 0 spiro atoms. The Morgan fingerprint density at radius 3 is 3.11 bits per heavy atom. The van der Waals surface area contributed by atoms with E-state index >= 15 is 0 Å². The number of anilines is 1. The van der Waals surface area contributed by atoms with E-state index in [0.717, 1.165) is 13.0 Å². The number of halogens is 1. The minimum Gasteiger partial charge on any atom is -0.476 e. The summed E-state index contributed by atoms with van der Waals surface area (Å²) in [6.45, 7) is 4.13. The molecule has 6 heteroatoms. The van der Waals surface area contributed by atoms with Gasteiger partial charge in [-0.3, -0.25) is 0 Å². The molecule has 18 heavy (non-hydrogen) atoms. The van der Waals surface area contributed by atoms with Crippen molar-refractivity contribution < 1.29 is 14.6 Å². The molecule has 1 aliphatic heterocycles. The fourth-order valence-corrected chi connectivity index (χ4v) is 2.12. The maximum atomic E-state index is 11.0. The van der Waals surface area contributed by atoms with E-state index in [4.69, 9.17) is 21.4 Å². The molecule has 0 radical (unpaired) electrons. The average Bonchev–Trinajstić information content (AvgIpc) is 2.39. The molecular weight excluding hydrogens is 256 g/mol. The molecule has 0 aromatic carbocycles. The van der Waals surface area contributed by atoms with Crippen LogP contribution in [0.5, 0.6) is 0 Å². The van der Waals surface area contributed by atoms with Gasteiger partial charge in [0.05, 0.1) is 17.7 Å². The van der Waals surface area contributed by atoms with Crippen LogP contribution < -0.4 is 4.90 Å². The topological polar surface area (TPSA) is 62.7 Å². The van der Waals surface area contributed by atoms with E-state index in [2.05, 4.69) is 11.9 Å². The number of nitrogens with zero attached hydrogens (tertiary/aromatic N) is 2. The van der Waals surface area contributed by atoms with Crippen LogP contribution in [-0.2, 0) is 4.74 Å². The molecule has 1 saturated heterocycles. The quantitative estimate of drug-likeness (QED) is 0.911. The highest BCUT2D eigenvalue weighted by molar-refractivity contribution is 6.33. The summed E-state index contributed by atoms with van der Waals surface area (Å²) in [5.74, 6) is -0.472. The van der Waals surface area contributed by atoms with Gasteiger partial charge in [0, 0.05) is 13.1 Å². The molecule has 5 nitrogen and oxygen atoms in total. The van der Waals surface area contributed by atoms with Crippen molar-refractivity contribution in [3.05, 3.63) is 22.8 Å². The van der Waals surface area contributed by atoms with E-state index in [9.17, 15) is 4.79 Å². The summed E-state index contributed by atoms with van der Waals surface area (Å²) in [6.07, 6.45) is 1.10. The smallest absolute Gasteiger partial charge is 0.356 e. The van der Waals surface area contributed by atoms with Crippen LogP contribution in [0, 0.1) is 0 Å². The average molecular weight is 271 g/mol. The molecule has 1 aromatic rings. The fraction of sp³-hybridized carbons (Fsp3) is 0.500. The first kappa shape index (κ1) is 13.1. The highest BCUT2D eigenvalue weighted by atomic mass is 35.5. The molecule has 0 bridgehead atoms. The Morgan fingerprint density at radius 1 is 1.67 bits per heavy atom. The van der Waals surface area contributed by atoms with Gasteiger partial charge in [-0.2, -0.15) is 0 Å². The summed E-state index contributed by atoms with van der Waals surface area (Å²) in [6, 6.07) is 3.32. The number of hydrogen-bond acceptors (Lipinski definition) is 4. The zero-order valence-corrected chi connectivity index (χ0v) is 10.9. The predicted octanol–water partition coefficient (Wildman–Crippen LogP) is 2.05. The van der Waals surface area contributed by atoms with Crippen LogP contribution in [-0.4, -0.2) is 41.9 Å². The third-order valence-electron chi connectivity index (χ3n) is 2.95. The maximum Gasteiger partial charge on any atom is 0.356 e. The maximum absolute atomic E-state index is 11.0. The van der Waals surface area contributed by atoms with Crippen LogP contribution in [0.2, 0.25) is 5.02 Å². The van der Waals surface area contributed by atoms with E-state index in [0.29, 0.717) is 19.0 Å². The molecule has 1 aromatic heterocycles. The van der Waals surface area contributed by atoms with Gasteiger partial charge in [-0.1, -0.05) is 18.5 Å². The molecule has 1 N–H and O–H groups in total. The lowest BCUT2D eigenvalue weighted by Crippen LogP contribution is -2.42. The van der Waals surface area contributed by atoms with Crippen LogP contribution in [0.3, 0.4) is 0 Å². The SMILES string of the molecule is CCC1CN(c2ccc(Cl)c(C(=O)O)n2)CCO1. The number of carboxylic acid groups (broad SMARTS) is 1. The van der Waals surface area contributed by atoms with Crippen LogP contribution in [0.1, 0.15) is 23.8 Å². The van der Waals surface area contributed by atoms with E-state index in [-0.39, 0.29) is 16.8 Å². The van der Waals surface area contributed by atoms with Gasteiger partial charge in [0.15, 0.2) is 5.69 Å². The van der Waals surface area contributed by atoms with Crippen LogP contribution in [0.15, 0.2) is 12.1 Å². The summed E-state index contributed by atoms with van der Waals surface area (Å²) >= 11 is 5.80. The lowest BCUT2D eigenvalue weighted by molar-refractivity contribution is 0.0381. The minimum atomic E-state index is -1.11. The summed E-state index contributed by atoms with van der Waals surface area (Å²) in [5.41, 5.74) is -0.103. The Balaban J connectivity index is 2.22. The Hall–Kier alpha value is -1.33. The first-order valence-electron chi connectivity index (χ1n) is 5.88. The number of pyridine rings is 1. The van der Waals surface area contributed by atoms with Gasteiger partial charge in [-0.15, -0.1) is 0 Å². The Morgan fingerprint density at radius 2 is 2.44 bits per heavy atom. The molecule has 0 amide bonds. The van der Waals surface area contributed by atoms with Crippen molar-refractivity contribution in [1.29, 1.82) is 0 Å². The largest absolute Gasteiger partial charge is 0.476 e. The highest BCUT2D eigenvalue weighted by Crippen LogP contribution is 2.21. The third kappa shape index (κ3) is 2.73. The van der Waals surface area contributed by atoms with Crippen LogP contribution in [0.4, 0.5) is 5.82 Å². The van der Waals surface area contributed by atoms with Crippen molar-refractivity contribution in [2.24, 2.45) is 0 Å². The first-order valence-corrected chi connectivity index (χ1v) is 6.26. The molecule has 0 aliphatic carbocycles. The minimum absolute atomic E-state index is 0.103. The van der Waals surface area contributed by atoms with E-state index < -0.39 is 5.97 Å². The third-order valence-corrected chi connectivity index (χ3v) is 3.26. The Labute approximate surface area is 110 Å². The predicted molar refractivity (Wildman–Crippen MR) is 68.5 cm³/mol. The van der Waals surface area contributed by atoms with Crippen molar-refractivity contribution in [2.75, 3.05) is 24.6 Å². The van der Waals surface area contributed by atoms with Crippen molar-refractivity contribution in [2.45, 2.75) is 19.4 Å². The lowest BCUT2D eigenvalue weighted by atomic mass is 10.2. The Kier molecular flexibility index (Phi) is 4.04. The van der Waals surface area contributed by atoms with Gasteiger partial charge in [0.25, 0.3) is 0 Å². The standard InChI is InChI=1S/C12H15ClN2O3/c1-2-8-7-15(5-6-18-8)10-4-3-9(13)11(14-10)12(16)17/h3-4,8H,2,5-7H2,1H3,(H,16,17). The lowest BCUT2D eigenvalue weighted by Gasteiger charge is -2.33. The van der Waals surface area contributed by atoms with Gasteiger partial charge in [0.2, 0.25) is 0 Å². The van der Waals surface area contributed by atoms with E-state index in [1.165, 1.54) is 0 Å². The molecule has 1 atom stereocenters. The van der Waals surface area contributed by atoms with Crippen molar-refractivity contribution in [3.63, 3.8) is 0 Å². The molecule has 1 aliphatic rings. The normalized spacial score (nSPS) is 19.9. The zero-order chi connectivity index (χ0) is 13.1. The second kappa shape index (κ2) is 5.54. The molecule has 1 unspecified atom stereocenters. The second-order valence-corrected chi connectivity index (χ2v) is 4.56. The number of carbonyl (C=O) groups is 1. The van der Waals surface area contributed by atoms with Crippen molar-refractivity contribution in [1.82, 2.24) is 4.98 Å². The van der Waals surface area contributed by atoms with Gasteiger partial charge in [-0.05, 0) is 18.6 Å². The van der Waals surface area contributed by atoms with Gasteiger partial charge >= 0.3 is 5.97 Å². The molecule has 1 fully saturated rings. The molecule has 98 valence electrons. The summed E-state index contributed by atoms with van der Waals surface area (Å²) in [7, 11) is 0. The first-order chi connectivity index (χ1) is 8.61. The fourth-order valence-electron chi connectivity index (χ4n) is 1.93. The summed E-state index contributed by atoms with van der Waals surface area (Å²) < 4.78 is 5.57. The van der Waals surface area contributed by atoms with Crippen LogP contribution in [0.25, 0.3) is 0 Å². The number of carboxylic acids is 1. The number of rotatable bonds is 3. The monoisotopic (exact) mass is 270 g/mol. The summed E-state index contributed by atoms with van der Waals surface area (Å²) in [5, 5.41) is 9.16. The van der Waals surface area contributed by atoms with Crippen molar-refractivity contribution in [3.8, 4) is 0 Å². The molecule has 2 heterocycles. The summed E-state index contributed by atoms with van der Waals surface area (Å²) in [4.78, 5) is 17.1. The highest BCUT2D eigenvalue weighted by Gasteiger charge is 2.21. The zero-order valence-electron chi connectivity index (χ0n) is 10.1. The van der Waals surface area contributed by atoms with Gasteiger partial charge in [0.1, 0.15) is 5.82 Å². The second-order valence-electron chi connectivity index (χ2n) is 4.15. The molecule has 2 rings (SSSR count). The van der Waals surface area contributed by atoms with E-state index in [1.807, 2.05) is 4.90 Å². The number of ether oxygens (including phenoxy) is 1. The number of hydrogen-bond donors (Lipinski definition) is 1.